The summed E-state index contributed by atoms with van der Waals surface area (Å²) in [6.07, 6.45) is -8.00. The first-order valence-corrected chi connectivity index (χ1v) is 34.1. The monoisotopic (exact) mass is 1420 g/mol. The number of aryl methyl sites for hydroxylation is 1. The largest absolute Gasteiger partial charge is 0.416 e. The molecule has 2 aliphatic rings. The van der Waals surface area contributed by atoms with Crippen LogP contribution < -0.4 is 21.3 Å². The van der Waals surface area contributed by atoms with E-state index in [1.165, 1.54) is 73.3 Å². The van der Waals surface area contributed by atoms with Crippen LogP contribution in [0.15, 0.2) is 48.5 Å². The fourth-order valence-corrected chi connectivity index (χ4v) is 11.9. The van der Waals surface area contributed by atoms with Crippen LogP contribution in [0.3, 0.4) is 0 Å². The molecule has 0 saturated carbocycles. The molecular weight excluding hydrogens is 1320 g/mol. The second-order valence-electron chi connectivity index (χ2n) is 27.1. The maximum absolute atomic E-state index is 15.2. The highest BCUT2D eigenvalue weighted by atomic mass is 35.5. The molecule has 2 aromatic carbocycles. The van der Waals surface area contributed by atoms with E-state index in [1.54, 1.807) is 65.8 Å². The summed E-state index contributed by atoms with van der Waals surface area (Å²) >= 11 is 6.20. The standard InChI is InChI=1S/C69H102ClF5N12O12/c1-15-43(6)60-68(99)82(10)39-58(90)80(8)40-59(91)84(12)54(36-46-24-29-48(70)30-25-46)66(97)81(9)38-56(88)76-49(31-26-45-22-27-47(28-23-45)69(73,74)75)62(93)77-50(34-41(2)3)64(95)85(13)52(20-16-17-21-55(71)72)67(98)86(14)53(35-42(4)5)63(94)78-51(65(96)87-32-18-19-33-87)37-57(89)83(11)44(7)61(92)79-60/h22-25,27-30,41-44,49-55,60H,15-21,26,31-40H2,1-14H3,(H,76,88)(H,77,93)(H,78,94)(H,79,92)/t43-,44-,49-,50-,51?,52-,53-,54-,60-/m0/s1. The number of amides is 12. The van der Waals surface area contributed by atoms with Gasteiger partial charge in [0.15, 0.2) is 0 Å². The molecule has 1 unspecified atom stereocenters. The lowest BCUT2D eigenvalue weighted by molar-refractivity contribution is -0.150. The van der Waals surface area contributed by atoms with Crippen LogP contribution in [0.5, 0.6) is 0 Å². The van der Waals surface area contributed by atoms with E-state index in [9.17, 15) is 69.9 Å². The summed E-state index contributed by atoms with van der Waals surface area (Å²) in [5, 5.41) is 11.2. The summed E-state index contributed by atoms with van der Waals surface area (Å²) in [6.45, 7) is 10.5. The van der Waals surface area contributed by atoms with Crippen LogP contribution in [0, 0.1) is 17.8 Å². The number of likely N-dealkylation sites (N-methyl/N-ethyl adjacent to an activating group) is 7. The Kier molecular flexibility index (Phi) is 32.5. The number of nitrogens with one attached hydrogen (secondary N) is 4. The molecular formula is C69H102ClF5N12O12. The molecule has 0 radical (unpaired) electrons. The maximum Gasteiger partial charge on any atom is 0.416 e. The lowest BCUT2D eigenvalue weighted by Crippen LogP contribution is -2.60. The van der Waals surface area contributed by atoms with Crippen LogP contribution in [-0.4, -0.2) is 247 Å². The maximum atomic E-state index is 15.2. The van der Waals surface area contributed by atoms with Gasteiger partial charge in [0.05, 0.1) is 31.6 Å². The molecule has 0 aliphatic carbocycles. The van der Waals surface area contributed by atoms with E-state index >= 15 is 9.59 Å². The number of benzene rings is 2. The van der Waals surface area contributed by atoms with Crippen molar-refractivity contribution >= 4 is 82.5 Å². The van der Waals surface area contributed by atoms with E-state index in [1.807, 2.05) is 0 Å². The van der Waals surface area contributed by atoms with Crippen LogP contribution >= 0.6 is 11.6 Å². The number of carbonyl (C=O) groups excluding carboxylic acids is 12. The minimum Gasteiger partial charge on any atom is -0.343 e. The normalized spacial score (nSPS) is 23.7. The van der Waals surface area contributed by atoms with Crippen molar-refractivity contribution in [2.45, 2.75) is 193 Å². The summed E-state index contributed by atoms with van der Waals surface area (Å²) in [5.74, 6) is -10.8. The molecule has 9 atom stereocenters. The smallest absolute Gasteiger partial charge is 0.343 e. The number of nitrogens with zero attached hydrogens (tertiary/aromatic N) is 8. The minimum absolute atomic E-state index is 0.0274. The summed E-state index contributed by atoms with van der Waals surface area (Å²) in [5.41, 5.74) is -0.103. The average Bonchev–Trinajstić information content (AvgIpc) is 1.53. The second-order valence-corrected chi connectivity index (χ2v) is 27.6. The van der Waals surface area contributed by atoms with Gasteiger partial charge in [0.25, 0.3) is 0 Å². The molecule has 2 aliphatic heterocycles. The molecule has 24 nitrogen and oxygen atoms in total. The lowest BCUT2D eigenvalue weighted by atomic mass is 9.97. The van der Waals surface area contributed by atoms with Crippen LogP contribution in [0.4, 0.5) is 22.0 Å². The summed E-state index contributed by atoms with van der Waals surface area (Å²) < 4.78 is 68.3. The van der Waals surface area contributed by atoms with Crippen LogP contribution in [-0.2, 0) is 76.6 Å². The molecule has 4 N–H and O–H groups in total. The molecule has 552 valence electrons. The third-order valence-electron chi connectivity index (χ3n) is 18.4. The molecule has 0 aromatic heterocycles. The van der Waals surface area contributed by atoms with Crippen molar-refractivity contribution in [1.82, 2.24) is 60.5 Å². The van der Waals surface area contributed by atoms with E-state index in [4.69, 9.17) is 11.6 Å². The van der Waals surface area contributed by atoms with E-state index in [0.717, 1.165) is 46.4 Å². The predicted molar refractivity (Wildman–Crippen MR) is 361 cm³/mol. The van der Waals surface area contributed by atoms with Crippen molar-refractivity contribution in [2.24, 2.45) is 17.8 Å². The Morgan fingerprint density at radius 2 is 1.13 bits per heavy atom. The second kappa shape index (κ2) is 38.6. The van der Waals surface area contributed by atoms with Gasteiger partial charge in [-0.05, 0) is 111 Å². The molecule has 0 spiro atoms. The zero-order valence-electron chi connectivity index (χ0n) is 59.5. The number of carbonyl (C=O) groups is 12. The van der Waals surface area contributed by atoms with E-state index in [0.29, 0.717) is 48.5 Å². The van der Waals surface area contributed by atoms with Crippen molar-refractivity contribution in [1.29, 1.82) is 0 Å². The van der Waals surface area contributed by atoms with Crippen LogP contribution in [0.2, 0.25) is 5.02 Å². The van der Waals surface area contributed by atoms with Gasteiger partial charge in [-0.3, -0.25) is 57.5 Å². The average molecular weight is 1420 g/mol. The number of halogens is 6. The third kappa shape index (κ3) is 25.0. The number of hydrogen-bond donors (Lipinski definition) is 4. The van der Waals surface area contributed by atoms with Gasteiger partial charge in [-0.15, -0.1) is 0 Å². The van der Waals surface area contributed by atoms with E-state index < -0.39 is 176 Å². The van der Waals surface area contributed by atoms with Gasteiger partial charge in [-0.1, -0.05) is 90.3 Å². The number of rotatable bonds is 17. The molecule has 99 heavy (non-hydrogen) atoms. The Morgan fingerprint density at radius 3 is 1.70 bits per heavy atom. The number of alkyl halides is 5. The van der Waals surface area contributed by atoms with Crippen molar-refractivity contribution in [3.8, 4) is 0 Å². The molecule has 2 aromatic rings. The fraction of sp³-hybridized carbons (Fsp3) is 0.652. The van der Waals surface area contributed by atoms with Crippen LogP contribution in [0.25, 0.3) is 0 Å². The highest BCUT2D eigenvalue weighted by molar-refractivity contribution is 6.30. The first kappa shape index (κ1) is 83.4. The van der Waals surface area contributed by atoms with Gasteiger partial charge in [0.2, 0.25) is 77.3 Å². The fourth-order valence-electron chi connectivity index (χ4n) is 11.7. The van der Waals surface area contributed by atoms with Crippen LogP contribution in [0.1, 0.15) is 136 Å². The number of unbranched alkanes of at least 4 members (excludes halogenated alkanes) is 1. The summed E-state index contributed by atoms with van der Waals surface area (Å²) in [6, 6.07) is -0.935. The van der Waals surface area contributed by atoms with E-state index in [2.05, 4.69) is 21.3 Å². The Balaban J connectivity index is 1.91. The first-order chi connectivity index (χ1) is 46.3. The Hall–Kier alpha value is -7.98. The van der Waals surface area contributed by atoms with Crippen molar-refractivity contribution in [3.05, 3.63) is 70.2 Å². The highest BCUT2D eigenvalue weighted by Crippen LogP contribution is 2.30. The van der Waals surface area contributed by atoms with Gasteiger partial charge >= 0.3 is 6.18 Å². The van der Waals surface area contributed by atoms with E-state index in [-0.39, 0.29) is 63.2 Å². The highest BCUT2D eigenvalue weighted by Gasteiger charge is 2.42. The zero-order chi connectivity index (χ0) is 74.5. The lowest BCUT2D eigenvalue weighted by Gasteiger charge is -2.37. The van der Waals surface area contributed by atoms with Gasteiger partial charge in [0.1, 0.15) is 48.3 Å². The Bertz CT molecular complexity index is 3120. The predicted octanol–water partition coefficient (Wildman–Crippen LogP) is 5.17. The molecule has 4 rings (SSSR count). The molecule has 2 saturated heterocycles. The zero-order valence-corrected chi connectivity index (χ0v) is 60.3. The topological polar surface area (TPSA) is 279 Å². The van der Waals surface area contributed by atoms with Gasteiger partial charge < -0.3 is 60.5 Å². The van der Waals surface area contributed by atoms with Crippen molar-refractivity contribution < 1.29 is 79.5 Å². The van der Waals surface area contributed by atoms with Gasteiger partial charge in [-0.2, -0.15) is 13.2 Å². The number of likely N-dealkylation sites (tertiary alicyclic amines) is 1. The van der Waals surface area contributed by atoms with Gasteiger partial charge in [-0.25, -0.2) is 8.78 Å². The third-order valence-corrected chi connectivity index (χ3v) is 18.6. The molecule has 0 bridgehead atoms. The quantitative estimate of drug-likeness (QED) is 0.118. The summed E-state index contributed by atoms with van der Waals surface area (Å²) in [7, 11) is 9.08. The molecule has 2 fully saturated rings. The SMILES string of the molecule is CC[C@H](C)[C@@H]1NC(=O)[C@H](C)N(C)C(=O)CC(C(=O)N2CCCC2)NC(=O)[C@H](CC(C)C)N(C)C(=O)[C@H](CCCCC(F)F)N(C)C(=O)[C@H](CC(C)C)NC(=O)[C@H](CCc2ccc(C(F)(F)F)cc2)NC(=O)CN(C)C(=O)[C@H](Cc2ccc(Cl)cc2)N(C)C(=O)CN(C)C(=O)CN(C)C1=O. The number of hydrogen-bond acceptors (Lipinski definition) is 12. The molecule has 2 heterocycles. The Morgan fingerprint density at radius 1 is 0.566 bits per heavy atom. The van der Waals surface area contributed by atoms with Gasteiger partial charge in [0, 0.05) is 80.3 Å². The Labute approximate surface area is 583 Å². The molecule has 30 heteroatoms. The van der Waals surface area contributed by atoms with Crippen molar-refractivity contribution in [3.63, 3.8) is 0 Å². The first-order valence-electron chi connectivity index (χ1n) is 33.7. The van der Waals surface area contributed by atoms with Crippen molar-refractivity contribution in [2.75, 3.05) is 82.1 Å². The molecule has 12 amide bonds. The minimum atomic E-state index is -4.67. The summed E-state index contributed by atoms with van der Waals surface area (Å²) in [4.78, 5) is 184.